The smallest absolute Gasteiger partial charge is 0.233 e. The van der Waals surface area contributed by atoms with Crippen molar-refractivity contribution in [2.75, 3.05) is 19.8 Å². The molecule has 158 valence electrons. The van der Waals surface area contributed by atoms with Crippen LogP contribution < -0.4 is 0 Å². The van der Waals surface area contributed by atoms with E-state index >= 15 is 0 Å². The van der Waals surface area contributed by atoms with Crippen LogP contribution >= 0.6 is 0 Å². The number of likely N-dealkylation sites (tertiary alicyclic amines) is 1. The van der Waals surface area contributed by atoms with Crippen molar-refractivity contribution in [1.29, 1.82) is 0 Å². The SMILES string of the molecule is Cc1cc(CN2CC[C@H]3[C@H](C)C4(CC[C@]3(c3ccccc3)C2=O)OCCO4)ccn1. The fourth-order valence-corrected chi connectivity index (χ4v) is 6.13. The summed E-state index contributed by atoms with van der Waals surface area (Å²) in [4.78, 5) is 20.5. The first kappa shape index (κ1) is 19.7. The highest BCUT2D eigenvalue weighted by molar-refractivity contribution is 5.90. The van der Waals surface area contributed by atoms with Crippen LogP contribution in [0.5, 0.6) is 0 Å². The minimum Gasteiger partial charge on any atom is -0.347 e. The zero-order chi connectivity index (χ0) is 20.8. The Labute approximate surface area is 178 Å². The van der Waals surface area contributed by atoms with Crippen LogP contribution in [-0.4, -0.2) is 41.3 Å². The zero-order valence-corrected chi connectivity index (χ0v) is 17.8. The molecule has 2 aliphatic heterocycles. The Morgan fingerprint density at radius 1 is 1.13 bits per heavy atom. The van der Waals surface area contributed by atoms with Crippen LogP contribution in [0.1, 0.15) is 43.0 Å². The number of aryl methyl sites for hydroxylation is 1. The summed E-state index contributed by atoms with van der Waals surface area (Å²) < 4.78 is 12.3. The van der Waals surface area contributed by atoms with Crippen molar-refractivity contribution < 1.29 is 14.3 Å². The summed E-state index contributed by atoms with van der Waals surface area (Å²) in [7, 11) is 0. The highest BCUT2D eigenvalue weighted by Gasteiger charge is 2.62. The van der Waals surface area contributed by atoms with E-state index in [0.717, 1.165) is 42.6 Å². The van der Waals surface area contributed by atoms with Crippen LogP contribution in [0.3, 0.4) is 0 Å². The predicted molar refractivity (Wildman–Crippen MR) is 114 cm³/mol. The predicted octanol–water partition coefficient (Wildman–Crippen LogP) is 3.85. The molecule has 0 radical (unpaired) electrons. The van der Waals surface area contributed by atoms with Crippen molar-refractivity contribution in [3.63, 3.8) is 0 Å². The second kappa shape index (κ2) is 7.47. The standard InChI is InChI=1S/C25H30N2O3/c1-18-16-20(8-12-26-18)17-27-13-9-22-19(2)25(29-14-15-30-25)11-10-24(22,23(27)28)21-6-4-3-5-7-21/h3-8,12,16,19,22H,9-11,13-15,17H2,1-2H3/t19-,22-,24+/m0/s1. The molecular formula is C25H30N2O3. The minimum absolute atomic E-state index is 0.170. The second-order valence-corrected chi connectivity index (χ2v) is 9.06. The molecule has 5 rings (SSSR count). The molecule has 3 fully saturated rings. The van der Waals surface area contributed by atoms with Crippen molar-refractivity contribution in [3.8, 4) is 0 Å². The molecule has 1 spiro atoms. The van der Waals surface area contributed by atoms with Crippen LogP contribution in [0.2, 0.25) is 0 Å². The lowest BCUT2D eigenvalue weighted by atomic mass is 9.54. The lowest BCUT2D eigenvalue weighted by Gasteiger charge is -2.56. The lowest BCUT2D eigenvalue weighted by molar-refractivity contribution is -0.238. The maximum Gasteiger partial charge on any atom is 0.233 e. The molecule has 1 amide bonds. The molecule has 5 nitrogen and oxygen atoms in total. The van der Waals surface area contributed by atoms with Gasteiger partial charge in [0.25, 0.3) is 0 Å². The molecule has 1 saturated carbocycles. The van der Waals surface area contributed by atoms with E-state index in [9.17, 15) is 4.79 Å². The maximum atomic E-state index is 14.1. The molecule has 1 aromatic heterocycles. The van der Waals surface area contributed by atoms with Crippen LogP contribution in [0, 0.1) is 18.8 Å². The number of pyridine rings is 1. The molecule has 0 bridgehead atoms. The Bertz CT molecular complexity index is 925. The van der Waals surface area contributed by atoms with Gasteiger partial charge in [-0.25, -0.2) is 0 Å². The molecule has 2 aromatic rings. The lowest BCUT2D eigenvalue weighted by Crippen LogP contribution is -2.64. The van der Waals surface area contributed by atoms with Gasteiger partial charge in [0.2, 0.25) is 5.91 Å². The fourth-order valence-electron chi connectivity index (χ4n) is 6.13. The van der Waals surface area contributed by atoms with E-state index < -0.39 is 11.2 Å². The molecule has 0 unspecified atom stereocenters. The van der Waals surface area contributed by atoms with E-state index in [1.54, 1.807) is 0 Å². The first-order valence-electron chi connectivity index (χ1n) is 11.1. The Balaban J connectivity index is 1.52. The summed E-state index contributed by atoms with van der Waals surface area (Å²) >= 11 is 0. The Morgan fingerprint density at radius 3 is 2.63 bits per heavy atom. The van der Waals surface area contributed by atoms with Gasteiger partial charge < -0.3 is 14.4 Å². The molecule has 1 aliphatic carbocycles. The molecule has 2 saturated heterocycles. The van der Waals surface area contributed by atoms with Gasteiger partial charge in [-0.2, -0.15) is 0 Å². The topological polar surface area (TPSA) is 51.7 Å². The van der Waals surface area contributed by atoms with Crippen LogP contribution in [0.15, 0.2) is 48.7 Å². The van der Waals surface area contributed by atoms with Crippen LogP contribution in [0.4, 0.5) is 0 Å². The Kier molecular flexibility index (Phi) is 4.91. The summed E-state index contributed by atoms with van der Waals surface area (Å²) in [5.41, 5.74) is 2.74. The third-order valence-electron chi connectivity index (χ3n) is 7.58. The van der Waals surface area contributed by atoms with Gasteiger partial charge in [0.15, 0.2) is 5.79 Å². The molecule has 3 heterocycles. The number of nitrogens with zero attached hydrogens (tertiary/aromatic N) is 2. The van der Waals surface area contributed by atoms with Crippen molar-refractivity contribution >= 4 is 5.91 Å². The van der Waals surface area contributed by atoms with Gasteiger partial charge in [0.05, 0.1) is 18.6 Å². The minimum atomic E-state index is -0.520. The first-order chi connectivity index (χ1) is 14.6. The van der Waals surface area contributed by atoms with E-state index in [1.807, 2.05) is 25.3 Å². The van der Waals surface area contributed by atoms with Gasteiger partial charge in [-0.05, 0) is 48.9 Å². The van der Waals surface area contributed by atoms with Crippen molar-refractivity contribution in [1.82, 2.24) is 9.88 Å². The van der Waals surface area contributed by atoms with Crippen molar-refractivity contribution in [2.45, 2.75) is 50.9 Å². The number of amides is 1. The third kappa shape index (κ3) is 2.98. The quantitative estimate of drug-likeness (QED) is 0.777. The van der Waals surface area contributed by atoms with Gasteiger partial charge in [-0.15, -0.1) is 0 Å². The number of rotatable bonds is 3. The first-order valence-corrected chi connectivity index (χ1v) is 11.1. The fraction of sp³-hybridized carbons (Fsp3) is 0.520. The zero-order valence-electron chi connectivity index (χ0n) is 17.8. The van der Waals surface area contributed by atoms with E-state index in [0.29, 0.717) is 19.8 Å². The highest BCUT2D eigenvalue weighted by atomic mass is 16.7. The maximum absolute atomic E-state index is 14.1. The molecule has 30 heavy (non-hydrogen) atoms. The molecule has 1 aromatic carbocycles. The van der Waals surface area contributed by atoms with Crippen LogP contribution in [-0.2, 0) is 26.2 Å². The van der Waals surface area contributed by atoms with Crippen LogP contribution in [0.25, 0.3) is 0 Å². The number of piperidine rings is 1. The van der Waals surface area contributed by atoms with Gasteiger partial charge >= 0.3 is 0 Å². The number of hydrogen-bond acceptors (Lipinski definition) is 4. The van der Waals surface area contributed by atoms with Crippen molar-refractivity contribution in [3.05, 3.63) is 65.5 Å². The molecule has 0 N–H and O–H groups in total. The third-order valence-corrected chi connectivity index (χ3v) is 7.58. The average molecular weight is 407 g/mol. The van der Waals surface area contributed by atoms with E-state index in [4.69, 9.17) is 9.47 Å². The number of carbonyl (C=O) groups is 1. The van der Waals surface area contributed by atoms with Gasteiger partial charge in [0.1, 0.15) is 0 Å². The average Bonchev–Trinajstić information content (AvgIpc) is 3.24. The Hall–Kier alpha value is -2.24. The summed E-state index contributed by atoms with van der Waals surface area (Å²) in [6.07, 6.45) is 4.31. The largest absolute Gasteiger partial charge is 0.347 e. The number of carbonyl (C=O) groups excluding carboxylic acids is 1. The summed E-state index contributed by atoms with van der Waals surface area (Å²) in [5.74, 6) is 0.102. The molecule has 3 atom stereocenters. The number of hydrogen-bond donors (Lipinski definition) is 0. The highest BCUT2D eigenvalue weighted by Crippen LogP contribution is 2.56. The van der Waals surface area contributed by atoms with E-state index in [1.165, 1.54) is 0 Å². The number of fused-ring (bicyclic) bond motifs is 1. The molecule has 5 heteroatoms. The van der Waals surface area contributed by atoms with E-state index in [-0.39, 0.29) is 17.7 Å². The van der Waals surface area contributed by atoms with Crippen molar-refractivity contribution in [2.24, 2.45) is 11.8 Å². The number of benzene rings is 1. The monoisotopic (exact) mass is 406 g/mol. The summed E-state index contributed by atoms with van der Waals surface area (Å²) in [6.45, 7) is 6.92. The Morgan fingerprint density at radius 2 is 1.90 bits per heavy atom. The second-order valence-electron chi connectivity index (χ2n) is 9.06. The van der Waals surface area contributed by atoms with Gasteiger partial charge in [-0.1, -0.05) is 37.3 Å². The summed E-state index contributed by atoms with van der Waals surface area (Å²) in [5, 5.41) is 0. The number of ether oxygens (including phenoxy) is 2. The van der Waals surface area contributed by atoms with E-state index in [2.05, 4.69) is 47.1 Å². The van der Waals surface area contributed by atoms with Gasteiger partial charge in [-0.3, -0.25) is 9.78 Å². The van der Waals surface area contributed by atoms with Gasteiger partial charge in [0, 0.05) is 37.3 Å². The summed E-state index contributed by atoms with van der Waals surface area (Å²) in [6, 6.07) is 14.5. The molecule has 3 aliphatic rings. The molecular weight excluding hydrogens is 376 g/mol. The number of aromatic nitrogens is 1. The normalized spacial score (nSPS) is 30.5.